The van der Waals surface area contributed by atoms with Crippen molar-refractivity contribution in [2.45, 2.75) is 19.6 Å². The summed E-state index contributed by atoms with van der Waals surface area (Å²) in [5.41, 5.74) is -1.07. The molecule has 0 spiro atoms. The van der Waals surface area contributed by atoms with Gasteiger partial charge < -0.3 is 0 Å². The Morgan fingerprint density at radius 2 is 1.93 bits per heavy atom. The van der Waals surface area contributed by atoms with Gasteiger partial charge in [0.05, 0.1) is 22.0 Å². The SMILES string of the molecule is Cc1nnc2n1-c1ccc(C(F)(F)F)c(Cl)c1C(c1ncccc1F)=NC2. The van der Waals surface area contributed by atoms with Crippen molar-refractivity contribution in [2.24, 2.45) is 4.99 Å². The fourth-order valence-corrected chi connectivity index (χ4v) is 3.36. The molecule has 0 atom stereocenters. The highest BCUT2D eigenvalue weighted by Crippen LogP contribution is 2.40. The van der Waals surface area contributed by atoms with Gasteiger partial charge in [0, 0.05) is 11.8 Å². The summed E-state index contributed by atoms with van der Waals surface area (Å²) in [5, 5.41) is 7.36. The van der Waals surface area contributed by atoms with Crippen molar-refractivity contribution >= 4 is 17.3 Å². The Hall–Kier alpha value is -2.81. The lowest BCUT2D eigenvalue weighted by Gasteiger charge is -2.18. The zero-order valence-electron chi connectivity index (χ0n) is 13.7. The molecule has 0 amide bonds. The maximum Gasteiger partial charge on any atom is 0.417 e. The van der Waals surface area contributed by atoms with Crippen LogP contribution in [0.5, 0.6) is 0 Å². The first-order valence-corrected chi connectivity index (χ1v) is 8.13. The molecule has 1 aromatic carbocycles. The molecule has 0 saturated carbocycles. The van der Waals surface area contributed by atoms with Crippen molar-refractivity contribution in [2.75, 3.05) is 0 Å². The molecule has 0 saturated heterocycles. The number of aliphatic imine (C=N–C) groups is 1. The van der Waals surface area contributed by atoms with Crippen LogP contribution in [-0.2, 0) is 12.7 Å². The standard InChI is InChI=1S/C17H10ClF4N5/c1-8-25-26-12-7-24-16(15-10(19)3-2-6-23-15)13-11(27(8)12)5-4-9(14(13)18)17(20,21)22/h2-6H,7H2,1H3. The van der Waals surface area contributed by atoms with Crippen LogP contribution >= 0.6 is 11.6 Å². The fraction of sp³-hybridized carbons (Fsp3) is 0.176. The van der Waals surface area contributed by atoms with E-state index in [0.29, 0.717) is 11.6 Å². The molecule has 2 aromatic heterocycles. The summed E-state index contributed by atoms with van der Waals surface area (Å²) in [4.78, 5) is 8.23. The number of aryl methyl sites for hydroxylation is 1. The van der Waals surface area contributed by atoms with Crippen LogP contribution in [0.25, 0.3) is 5.69 Å². The molecule has 5 nitrogen and oxygen atoms in total. The van der Waals surface area contributed by atoms with Gasteiger partial charge in [-0.1, -0.05) is 11.6 Å². The summed E-state index contributed by atoms with van der Waals surface area (Å²) in [5.74, 6) is 0.126. The highest BCUT2D eigenvalue weighted by molar-refractivity contribution is 6.37. The van der Waals surface area contributed by atoms with Gasteiger partial charge >= 0.3 is 6.18 Å². The first-order valence-electron chi connectivity index (χ1n) is 7.75. The van der Waals surface area contributed by atoms with E-state index in [4.69, 9.17) is 11.6 Å². The van der Waals surface area contributed by atoms with Crippen molar-refractivity contribution in [1.82, 2.24) is 19.7 Å². The molecule has 0 unspecified atom stereocenters. The molecule has 1 aliphatic heterocycles. The Labute approximate surface area is 155 Å². The first-order chi connectivity index (χ1) is 12.8. The van der Waals surface area contributed by atoms with E-state index >= 15 is 0 Å². The Kier molecular flexibility index (Phi) is 3.99. The van der Waals surface area contributed by atoms with Crippen molar-refractivity contribution in [3.8, 4) is 5.69 Å². The number of aromatic nitrogens is 4. The van der Waals surface area contributed by atoms with Crippen LogP contribution in [-0.4, -0.2) is 25.5 Å². The Bertz CT molecular complexity index is 1090. The van der Waals surface area contributed by atoms with Crippen LogP contribution in [0, 0.1) is 12.7 Å². The van der Waals surface area contributed by atoms with Gasteiger partial charge in [0.2, 0.25) is 0 Å². The summed E-state index contributed by atoms with van der Waals surface area (Å²) in [6.45, 7) is 1.64. The molecule has 10 heteroatoms. The third-order valence-corrected chi connectivity index (χ3v) is 4.55. The quantitative estimate of drug-likeness (QED) is 0.582. The lowest BCUT2D eigenvalue weighted by atomic mass is 10.00. The van der Waals surface area contributed by atoms with Crippen LogP contribution < -0.4 is 0 Å². The van der Waals surface area contributed by atoms with Gasteiger partial charge in [0.15, 0.2) is 11.6 Å². The zero-order chi connectivity index (χ0) is 19.3. The molecule has 1 aliphatic rings. The van der Waals surface area contributed by atoms with Crippen molar-refractivity contribution in [3.05, 3.63) is 69.8 Å². The molecular formula is C17H10ClF4N5. The van der Waals surface area contributed by atoms with Gasteiger partial charge in [-0.25, -0.2) is 4.39 Å². The number of rotatable bonds is 1. The van der Waals surface area contributed by atoms with E-state index in [0.717, 1.165) is 12.1 Å². The zero-order valence-corrected chi connectivity index (χ0v) is 14.5. The summed E-state index contributed by atoms with van der Waals surface area (Å²) >= 11 is 6.16. The number of hydrogen-bond acceptors (Lipinski definition) is 4. The van der Waals surface area contributed by atoms with E-state index in [1.54, 1.807) is 11.5 Å². The number of pyridine rings is 1. The minimum absolute atomic E-state index is 0.0153. The third kappa shape index (κ3) is 2.78. The second-order valence-corrected chi connectivity index (χ2v) is 6.19. The topological polar surface area (TPSA) is 56.0 Å². The average molecular weight is 396 g/mol. The average Bonchev–Trinajstić information content (AvgIpc) is 2.87. The molecule has 0 fully saturated rings. The number of benzene rings is 1. The van der Waals surface area contributed by atoms with Gasteiger partial charge in [-0.3, -0.25) is 14.5 Å². The van der Waals surface area contributed by atoms with Crippen LogP contribution in [0.2, 0.25) is 5.02 Å². The first kappa shape index (κ1) is 17.6. The fourth-order valence-electron chi connectivity index (χ4n) is 3.00. The molecule has 0 bridgehead atoms. The van der Waals surface area contributed by atoms with Gasteiger partial charge in [0.1, 0.15) is 18.1 Å². The molecule has 27 heavy (non-hydrogen) atoms. The van der Waals surface area contributed by atoms with E-state index in [2.05, 4.69) is 20.2 Å². The van der Waals surface area contributed by atoms with E-state index in [9.17, 15) is 17.6 Å². The van der Waals surface area contributed by atoms with Crippen molar-refractivity contribution < 1.29 is 17.6 Å². The van der Waals surface area contributed by atoms with Gasteiger partial charge in [-0.2, -0.15) is 13.2 Å². The molecule has 3 aromatic rings. The van der Waals surface area contributed by atoms with Crippen molar-refractivity contribution in [1.29, 1.82) is 0 Å². The highest BCUT2D eigenvalue weighted by atomic mass is 35.5. The number of hydrogen-bond donors (Lipinski definition) is 0. The van der Waals surface area contributed by atoms with E-state index in [1.165, 1.54) is 18.3 Å². The van der Waals surface area contributed by atoms with E-state index in [-0.39, 0.29) is 29.2 Å². The maximum absolute atomic E-state index is 14.4. The number of fused-ring (bicyclic) bond motifs is 3. The maximum atomic E-state index is 14.4. The molecule has 3 heterocycles. The second kappa shape index (κ2) is 6.12. The minimum Gasteiger partial charge on any atom is -0.281 e. The normalized spacial score (nSPS) is 13.6. The lowest BCUT2D eigenvalue weighted by Crippen LogP contribution is -2.16. The summed E-state index contributed by atoms with van der Waals surface area (Å²) in [7, 11) is 0. The summed E-state index contributed by atoms with van der Waals surface area (Å²) in [6.07, 6.45) is -3.35. The van der Waals surface area contributed by atoms with Crippen LogP contribution in [0.4, 0.5) is 17.6 Å². The van der Waals surface area contributed by atoms with E-state index in [1.807, 2.05) is 0 Å². The molecule has 0 aliphatic carbocycles. The summed E-state index contributed by atoms with van der Waals surface area (Å²) < 4.78 is 56.1. The van der Waals surface area contributed by atoms with E-state index < -0.39 is 22.6 Å². The number of alkyl halides is 3. The summed E-state index contributed by atoms with van der Waals surface area (Å²) in [6, 6.07) is 4.67. The Morgan fingerprint density at radius 1 is 1.15 bits per heavy atom. The predicted molar refractivity (Wildman–Crippen MR) is 89.6 cm³/mol. The van der Waals surface area contributed by atoms with Gasteiger partial charge in [0.25, 0.3) is 0 Å². The highest BCUT2D eigenvalue weighted by Gasteiger charge is 2.37. The molecule has 0 N–H and O–H groups in total. The molecule has 0 radical (unpaired) electrons. The monoisotopic (exact) mass is 395 g/mol. The minimum atomic E-state index is -4.68. The third-order valence-electron chi connectivity index (χ3n) is 4.16. The lowest BCUT2D eigenvalue weighted by molar-refractivity contribution is -0.137. The van der Waals surface area contributed by atoms with Crippen LogP contribution in [0.3, 0.4) is 0 Å². The Morgan fingerprint density at radius 3 is 2.63 bits per heavy atom. The molecular weight excluding hydrogens is 386 g/mol. The second-order valence-electron chi connectivity index (χ2n) is 5.82. The van der Waals surface area contributed by atoms with Crippen LogP contribution in [0.15, 0.2) is 35.5 Å². The largest absolute Gasteiger partial charge is 0.417 e. The molecule has 4 rings (SSSR count). The van der Waals surface area contributed by atoms with Crippen LogP contribution in [0.1, 0.15) is 28.5 Å². The molecule has 138 valence electrons. The van der Waals surface area contributed by atoms with Gasteiger partial charge in [-0.05, 0) is 31.2 Å². The van der Waals surface area contributed by atoms with Gasteiger partial charge in [-0.15, -0.1) is 10.2 Å². The van der Waals surface area contributed by atoms with Crippen molar-refractivity contribution in [3.63, 3.8) is 0 Å². The number of nitrogens with zero attached hydrogens (tertiary/aromatic N) is 5. The predicted octanol–water partition coefficient (Wildman–Crippen LogP) is 4.13. The number of halogens is 5. The smallest absolute Gasteiger partial charge is 0.281 e. The Balaban J connectivity index is 2.09.